The lowest BCUT2D eigenvalue weighted by Gasteiger charge is -2.21. The number of aliphatic hydroxyl groups excluding tert-OH is 1. The van der Waals surface area contributed by atoms with E-state index in [0.717, 1.165) is 12.3 Å². The van der Waals surface area contributed by atoms with Crippen LogP contribution in [0, 0.1) is 17.0 Å². The van der Waals surface area contributed by atoms with Crippen LogP contribution in [0.15, 0.2) is 30.5 Å². The number of aromatic nitrogens is 1. The maximum absolute atomic E-state index is 14.1. The lowest BCUT2D eigenvalue weighted by Crippen LogP contribution is -2.28. The summed E-state index contributed by atoms with van der Waals surface area (Å²) in [5.74, 6) is -1.57. The van der Waals surface area contributed by atoms with Gasteiger partial charge < -0.3 is 14.3 Å². The van der Waals surface area contributed by atoms with Gasteiger partial charge in [-0.25, -0.2) is 13.5 Å². The summed E-state index contributed by atoms with van der Waals surface area (Å²) < 4.78 is 46.9. The van der Waals surface area contributed by atoms with Crippen molar-refractivity contribution >= 4 is 30.0 Å². The summed E-state index contributed by atoms with van der Waals surface area (Å²) in [6.45, 7) is 3.94. The summed E-state index contributed by atoms with van der Waals surface area (Å²) in [7, 11) is 1.46. The van der Waals surface area contributed by atoms with Crippen molar-refractivity contribution in [3.8, 4) is 11.3 Å². The van der Waals surface area contributed by atoms with Gasteiger partial charge in [0.15, 0.2) is 5.82 Å². The van der Waals surface area contributed by atoms with Crippen molar-refractivity contribution in [2.75, 3.05) is 24.2 Å². The predicted molar refractivity (Wildman–Crippen MR) is 99.5 cm³/mol. The number of hydrogen-bond acceptors (Lipinski definition) is 5. The molecule has 0 bridgehead atoms. The van der Waals surface area contributed by atoms with Gasteiger partial charge in [0, 0.05) is 23.7 Å². The molecule has 5 nitrogen and oxygen atoms in total. The van der Waals surface area contributed by atoms with E-state index in [2.05, 4.69) is 9.71 Å². The molecule has 1 radical (unpaired) electrons. The average molecular weight is 381 g/mol. The van der Waals surface area contributed by atoms with E-state index in [4.69, 9.17) is 4.65 Å². The van der Waals surface area contributed by atoms with Gasteiger partial charge >= 0.3 is 7.48 Å². The fourth-order valence-electron chi connectivity index (χ4n) is 2.12. The van der Waals surface area contributed by atoms with Crippen LogP contribution < -0.4 is 10.2 Å². The van der Waals surface area contributed by atoms with Gasteiger partial charge in [-0.2, -0.15) is 0 Å². The summed E-state index contributed by atoms with van der Waals surface area (Å²) in [6.07, 6.45) is 2.40. The molecule has 1 heterocycles. The number of halogens is 2. The van der Waals surface area contributed by atoms with Crippen molar-refractivity contribution in [2.45, 2.75) is 13.8 Å². The van der Waals surface area contributed by atoms with Crippen LogP contribution in [-0.4, -0.2) is 41.6 Å². The second-order valence-corrected chi connectivity index (χ2v) is 7.75. The molecule has 1 atom stereocenters. The molecule has 0 aliphatic rings. The smallest absolute Gasteiger partial charge is 0.330 e. The van der Waals surface area contributed by atoms with Gasteiger partial charge in [0.25, 0.3) is 0 Å². The third-order valence-corrected chi connectivity index (χ3v) is 3.94. The average Bonchev–Trinajstić information content (AvgIpc) is 2.53. The Hall–Kier alpha value is -1.68. The highest BCUT2D eigenvalue weighted by Gasteiger charge is 2.18. The molecule has 0 fully saturated rings. The summed E-state index contributed by atoms with van der Waals surface area (Å²) >= 11 is -1.33. The first kappa shape index (κ1) is 20.6. The molecule has 0 spiro atoms. The molecular formula is C17H20BF2N2O3S. The van der Waals surface area contributed by atoms with E-state index in [1.54, 1.807) is 18.2 Å². The van der Waals surface area contributed by atoms with E-state index in [-0.39, 0.29) is 18.9 Å². The lowest BCUT2D eigenvalue weighted by molar-refractivity contribution is 0.101. The van der Waals surface area contributed by atoms with Crippen LogP contribution in [0.4, 0.5) is 14.5 Å². The van der Waals surface area contributed by atoms with E-state index in [1.807, 2.05) is 13.8 Å². The molecule has 1 aromatic carbocycles. The summed E-state index contributed by atoms with van der Waals surface area (Å²) in [6, 6.07) is 5.63. The Morgan fingerprint density at radius 1 is 1.31 bits per heavy atom. The number of pyridine rings is 1. The molecule has 0 amide bonds. The number of benzene rings is 1. The van der Waals surface area contributed by atoms with E-state index in [1.165, 1.54) is 13.7 Å². The lowest BCUT2D eigenvalue weighted by atomic mass is 9.85. The summed E-state index contributed by atoms with van der Waals surface area (Å²) in [4.78, 5) is 3.80. The van der Waals surface area contributed by atoms with Crippen LogP contribution in [-0.2, 0) is 16.0 Å². The number of hydrogen-bond donors (Lipinski definition) is 2. The van der Waals surface area contributed by atoms with Crippen molar-refractivity contribution in [3.05, 3.63) is 42.1 Å². The molecule has 139 valence electrons. The number of anilines is 1. The molecule has 2 rings (SSSR count). The second kappa shape index (κ2) is 8.81. The van der Waals surface area contributed by atoms with Gasteiger partial charge in [-0.3, -0.25) is 4.98 Å². The highest BCUT2D eigenvalue weighted by atomic mass is 32.2. The standard InChI is InChI=1S/C17H20BF2N2O3S/c1-17(2,9-23)10-25-18-12-4-11(5-14(6-12)22-26(3)24)16-15(20)7-13(19)8-21-16/h4-8,22-23H,9-10H2,1-3H3. The van der Waals surface area contributed by atoms with Gasteiger partial charge in [-0.05, 0) is 12.1 Å². The quantitative estimate of drug-likeness (QED) is 0.541. The molecule has 26 heavy (non-hydrogen) atoms. The Morgan fingerprint density at radius 3 is 2.65 bits per heavy atom. The molecule has 2 aromatic rings. The number of nitrogens with one attached hydrogen (secondary N) is 1. The van der Waals surface area contributed by atoms with E-state index in [9.17, 15) is 18.4 Å². The van der Waals surface area contributed by atoms with Gasteiger partial charge in [-0.1, -0.05) is 25.4 Å². The van der Waals surface area contributed by atoms with Crippen molar-refractivity contribution in [3.63, 3.8) is 0 Å². The molecule has 2 N–H and O–H groups in total. The zero-order valence-corrected chi connectivity index (χ0v) is 15.6. The molecule has 1 aromatic heterocycles. The predicted octanol–water partition coefficient (Wildman–Crippen LogP) is 2.01. The largest absolute Gasteiger partial charge is 0.593 e. The first-order chi connectivity index (χ1) is 12.2. The van der Waals surface area contributed by atoms with Crippen LogP contribution in [0.5, 0.6) is 0 Å². The van der Waals surface area contributed by atoms with Gasteiger partial charge in [0.05, 0.1) is 29.9 Å². The topological polar surface area (TPSA) is 77.4 Å². The molecular weight excluding hydrogens is 361 g/mol. The monoisotopic (exact) mass is 381 g/mol. The maximum Gasteiger partial charge on any atom is 0.330 e. The van der Waals surface area contributed by atoms with Crippen LogP contribution in [0.25, 0.3) is 11.3 Å². The second-order valence-electron chi connectivity index (χ2n) is 6.64. The maximum atomic E-state index is 14.1. The molecule has 1 unspecified atom stereocenters. The first-order valence-electron chi connectivity index (χ1n) is 7.82. The number of rotatable bonds is 8. The summed E-state index contributed by atoms with van der Waals surface area (Å²) in [5, 5.41) is 9.26. The SMILES string of the molecule is C[S+]([O-])Nc1cc([B]OCC(C)(C)CO)cc(-c2ncc(F)cc2F)c1. The van der Waals surface area contributed by atoms with Gasteiger partial charge in [0.1, 0.15) is 17.8 Å². The molecule has 9 heteroatoms. The first-order valence-corrected chi connectivity index (χ1v) is 9.38. The molecule has 0 aliphatic carbocycles. The van der Waals surface area contributed by atoms with Gasteiger partial charge in [-0.15, -0.1) is 0 Å². The Bertz CT molecular complexity index is 763. The van der Waals surface area contributed by atoms with Crippen molar-refractivity contribution in [1.82, 2.24) is 4.98 Å². The van der Waals surface area contributed by atoms with Crippen LogP contribution >= 0.6 is 0 Å². The van der Waals surface area contributed by atoms with E-state index < -0.39 is 28.4 Å². The fraction of sp³-hybridized carbons (Fsp3) is 0.353. The van der Waals surface area contributed by atoms with E-state index in [0.29, 0.717) is 16.7 Å². The highest BCUT2D eigenvalue weighted by molar-refractivity contribution is 7.92. The number of aliphatic hydroxyl groups is 1. The van der Waals surface area contributed by atoms with Crippen LogP contribution in [0.1, 0.15) is 13.8 Å². The van der Waals surface area contributed by atoms with Crippen molar-refractivity contribution < 1.29 is 23.1 Å². The Labute approximate surface area is 155 Å². The molecule has 0 saturated carbocycles. The van der Waals surface area contributed by atoms with Crippen molar-refractivity contribution in [2.24, 2.45) is 5.41 Å². The minimum absolute atomic E-state index is 0.0257. The minimum atomic E-state index is -1.33. The number of nitrogens with zero attached hydrogens (tertiary/aromatic N) is 1. The van der Waals surface area contributed by atoms with Crippen LogP contribution in [0.3, 0.4) is 0 Å². The zero-order valence-electron chi connectivity index (χ0n) is 14.8. The fourth-order valence-corrected chi connectivity index (χ4v) is 2.57. The van der Waals surface area contributed by atoms with Gasteiger partial charge in [0.2, 0.25) is 0 Å². The Kier molecular flexibility index (Phi) is 6.99. The minimum Gasteiger partial charge on any atom is -0.593 e. The molecule has 0 aliphatic heterocycles. The third kappa shape index (κ3) is 5.94. The third-order valence-electron chi connectivity index (χ3n) is 3.42. The van der Waals surface area contributed by atoms with E-state index >= 15 is 0 Å². The Balaban J connectivity index is 2.30. The normalized spacial score (nSPS) is 12.7. The zero-order chi connectivity index (χ0) is 19.3. The van der Waals surface area contributed by atoms with Crippen LogP contribution in [0.2, 0.25) is 0 Å². The highest BCUT2D eigenvalue weighted by Crippen LogP contribution is 2.23. The summed E-state index contributed by atoms with van der Waals surface area (Å²) in [5.41, 5.74) is 1.00. The molecule has 0 saturated heterocycles. The Morgan fingerprint density at radius 2 is 2.04 bits per heavy atom. The van der Waals surface area contributed by atoms with Crippen molar-refractivity contribution in [1.29, 1.82) is 0 Å².